The number of ketones is 1. The monoisotopic (exact) mass is 270 g/mol. The largest absolute Gasteiger partial charge is 0.496 e. The minimum Gasteiger partial charge on any atom is -0.496 e. The van der Waals surface area contributed by atoms with E-state index in [0.29, 0.717) is 16.9 Å². The minimum atomic E-state index is -0.0728. The van der Waals surface area contributed by atoms with E-state index in [0.717, 1.165) is 11.8 Å². The molecule has 0 amide bonds. The number of benzene rings is 1. The Kier molecular flexibility index (Phi) is 4.03. The Balaban J connectivity index is 3.32. The average Bonchev–Trinajstić information content (AvgIpc) is 2.28. The van der Waals surface area contributed by atoms with Gasteiger partial charge in [0.05, 0.1) is 12.4 Å². The van der Waals surface area contributed by atoms with Gasteiger partial charge in [-0.2, -0.15) is 0 Å². The molecule has 0 spiro atoms. The Morgan fingerprint density at radius 3 is 2.67 bits per heavy atom. The van der Waals surface area contributed by atoms with Crippen molar-refractivity contribution in [3.8, 4) is 5.75 Å². The van der Waals surface area contributed by atoms with Crippen molar-refractivity contribution in [2.75, 3.05) is 12.4 Å². The number of alkyl halides is 1. The van der Waals surface area contributed by atoms with Crippen LogP contribution in [0.3, 0.4) is 0 Å². The molecule has 0 aliphatic rings. The van der Waals surface area contributed by atoms with E-state index in [1.807, 2.05) is 0 Å². The van der Waals surface area contributed by atoms with Gasteiger partial charge in [-0.1, -0.05) is 15.9 Å². The molecule has 0 radical (unpaired) electrons. The van der Waals surface area contributed by atoms with Gasteiger partial charge in [0.25, 0.3) is 0 Å². The Labute approximate surface area is 96.6 Å². The molecule has 1 aromatic rings. The summed E-state index contributed by atoms with van der Waals surface area (Å²) >= 11 is 3.08. The van der Waals surface area contributed by atoms with Crippen LogP contribution in [0.2, 0.25) is 0 Å². The maximum absolute atomic E-state index is 11.4. The van der Waals surface area contributed by atoms with Crippen molar-refractivity contribution in [2.45, 2.75) is 6.92 Å². The van der Waals surface area contributed by atoms with E-state index in [1.165, 1.54) is 7.11 Å². The standard InChI is InChI=1S/C11H11BrO3/c1-7-9(6-13)3-8(10(14)5-12)4-11(7)15-2/h3-4,6H,5H2,1-2H3. The summed E-state index contributed by atoms with van der Waals surface area (Å²) in [7, 11) is 1.51. The van der Waals surface area contributed by atoms with E-state index in [2.05, 4.69) is 15.9 Å². The van der Waals surface area contributed by atoms with E-state index < -0.39 is 0 Å². The molecule has 0 saturated carbocycles. The molecule has 0 fully saturated rings. The second-order valence-electron chi connectivity index (χ2n) is 3.07. The summed E-state index contributed by atoms with van der Waals surface area (Å²) in [6.07, 6.45) is 0.725. The molecule has 4 heteroatoms. The normalized spacial score (nSPS) is 9.80. The molecule has 0 aliphatic heterocycles. The summed E-state index contributed by atoms with van der Waals surface area (Å²) in [6.45, 7) is 1.78. The topological polar surface area (TPSA) is 43.4 Å². The smallest absolute Gasteiger partial charge is 0.173 e. The van der Waals surface area contributed by atoms with Gasteiger partial charge in [0.15, 0.2) is 5.78 Å². The van der Waals surface area contributed by atoms with Crippen LogP contribution in [0.25, 0.3) is 0 Å². The number of aldehydes is 1. The van der Waals surface area contributed by atoms with Crippen LogP contribution in [0.4, 0.5) is 0 Å². The van der Waals surface area contributed by atoms with E-state index in [-0.39, 0.29) is 11.1 Å². The highest BCUT2D eigenvalue weighted by Crippen LogP contribution is 2.23. The van der Waals surface area contributed by atoms with Gasteiger partial charge >= 0.3 is 0 Å². The van der Waals surface area contributed by atoms with Crippen molar-refractivity contribution < 1.29 is 14.3 Å². The summed E-state index contributed by atoms with van der Waals surface area (Å²) in [5, 5.41) is 0.234. The van der Waals surface area contributed by atoms with E-state index in [1.54, 1.807) is 19.1 Å². The zero-order valence-electron chi connectivity index (χ0n) is 8.54. The number of halogens is 1. The fourth-order valence-corrected chi connectivity index (χ4v) is 1.61. The van der Waals surface area contributed by atoms with Crippen LogP contribution in [-0.2, 0) is 0 Å². The first-order valence-electron chi connectivity index (χ1n) is 4.37. The summed E-state index contributed by atoms with van der Waals surface area (Å²) in [5.74, 6) is 0.486. The number of carbonyl (C=O) groups is 2. The van der Waals surface area contributed by atoms with Crippen LogP contribution in [0.1, 0.15) is 26.3 Å². The summed E-state index contributed by atoms with van der Waals surface area (Å²) in [6, 6.07) is 3.22. The number of methoxy groups -OCH3 is 1. The zero-order valence-corrected chi connectivity index (χ0v) is 10.1. The Morgan fingerprint density at radius 1 is 1.53 bits per heavy atom. The quantitative estimate of drug-likeness (QED) is 0.479. The maximum atomic E-state index is 11.4. The highest BCUT2D eigenvalue weighted by atomic mass is 79.9. The highest BCUT2D eigenvalue weighted by Gasteiger charge is 2.11. The molecule has 0 aliphatic carbocycles. The van der Waals surface area contributed by atoms with Crippen molar-refractivity contribution in [1.82, 2.24) is 0 Å². The van der Waals surface area contributed by atoms with E-state index in [4.69, 9.17) is 4.74 Å². The van der Waals surface area contributed by atoms with Crippen molar-refractivity contribution in [3.05, 3.63) is 28.8 Å². The predicted octanol–water partition coefficient (Wildman–Crippen LogP) is 2.39. The third kappa shape index (κ3) is 2.45. The first-order valence-corrected chi connectivity index (χ1v) is 5.49. The number of rotatable bonds is 4. The summed E-state index contributed by atoms with van der Waals surface area (Å²) in [5.41, 5.74) is 1.72. The molecular weight excluding hydrogens is 260 g/mol. The molecule has 1 aromatic carbocycles. The summed E-state index contributed by atoms with van der Waals surface area (Å²) in [4.78, 5) is 22.2. The van der Waals surface area contributed by atoms with Gasteiger partial charge in [-0.05, 0) is 19.1 Å². The number of ether oxygens (including phenoxy) is 1. The molecule has 0 aromatic heterocycles. The van der Waals surface area contributed by atoms with Crippen LogP contribution in [0, 0.1) is 6.92 Å². The summed E-state index contributed by atoms with van der Waals surface area (Å²) < 4.78 is 5.10. The predicted molar refractivity (Wildman–Crippen MR) is 61.2 cm³/mol. The second kappa shape index (κ2) is 5.07. The number of Topliss-reactive ketones (excluding diaryl/α,β-unsaturated/α-hetero) is 1. The van der Waals surface area contributed by atoms with Gasteiger partial charge < -0.3 is 4.74 Å². The lowest BCUT2D eigenvalue weighted by molar-refractivity contribution is 0.102. The van der Waals surface area contributed by atoms with E-state index in [9.17, 15) is 9.59 Å². The van der Waals surface area contributed by atoms with Gasteiger partial charge in [0.1, 0.15) is 12.0 Å². The van der Waals surface area contributed by atoms with Crippen molar-refractivity contribution in [3.63, 3.8) is 0 Å². The van der Waals surface area contributed by atoms with Gasteiger partial charge in [-0.15, -0.1) is 0 Å². The third-order valence-electron chi connectivity index (χ3n) is 2.19. The first-order chi connectivity index (χ1) is 7.13. The molecule has 0 unspecified atom stereocenters. The van der Waals surface area contributed by atoms with Crippen molar-refractivity contribution in [1.29, 1.82) is 0 Å². The lowest BCUT2D eigenvalue weighted by atomic mass is 10.0. The maximum Gasteiger partial charge on any atom is 0.173 e. The average molecular weight is 271 g/mol. The second-order valence-corrected chi connectivity index (χ2v) is 3.63. The minimum absolute atomic E-state index is 0.0728. The fourth-order valence-electron chi connectivity index (χ4n) is 1.28. The molecule has 0 heterocycles. The SMILES string of the molecule is COc1cc(C(=O)CBr)cc(C=O)c1C. The van der Waals surface area contributed by atoms with E-state index >= 15 is 0 Å². The molecule has 80 valence electrons. The van der Waals surface area contributed by atoms with Gasteiger partial charge in [0.2, 0.25) is 0 Å². The Morgan fingerprint density at radius 2 is 2.20 bits per heavy atom. The number of hydrogen-bond donors (Lipinski definition) is 0. The molecule has 0 atom stereocenters. The molecule has 1 rings (SSSR count). The highest BCUT2D eigenvalue weighted by molar-refractivity contribution is 9.09. The van der Waals surface area contributed by atoms with Crippen LogP contribution in [0.15, 0.2) is 12.1 Å². The number of carbonyl (C=O) groups excluding carboxylic acids is 2. The number of hydrogen-bond acceptors (Lipinski definition) is 3. The van der Waals surface area contributed by atoms with Gasteiger partial charge in [0, 0.05) is 16.7 Å². The Hall–Kier alpha value is -1.16. The van der Waals surface area contributed by atoms with Crippen molar-refractivity contribution >= 4 is 28.0 Å². The van der Waals surface area contributed by atoms with Crippen LogP contribution in [0.5, 0.6) is 5.75 Å². The van der Waals surface area contributed by atoms with Crippen LogP contribution < -0.4 is 4.74 Å². The third-order valence-corrected chi connectivity index (χ3v) is 2.70. The fraction of sp³-hybridized carbons (Fsp3) is 0.273. The molecule has 15 heavy (non-hydrogen) atoms. The van der Waals surface area contributed by atoms with Gasteiger partial charge in [-0.25, -0.2) is 0 Å². The molecule has 0 saturated heterocycles. The van der Waals surface area contributed by atoms with Crippen molar-refractivity contribution in [2.24, 2.45) is 0 Å². The first kappa shape index (κ1) is 11.9. The Bertz CT molecular complexity index is 399. The zero-order chi connectivity index (χ0) is 11.4. The van der Waals surface area contributed by atoms with Crippen LogP contribution >= 0.6 is 15.9 Å². The molecular formula is C11H11BrO3. The molecule has 3 nitrogen and oxygen atoms in total. The lowest BCUT2D eigenvalue weighted by Crippen LogP contribution is -2.03. The van der Waals surface area contributed by atoms with Crippen LogP contribution in [-0.4, -0.2) is 24.5 Å². The lowest BCUT2D eigenvalue weighted by Gasteiger charge is -2.08. The van der Waals surface area contributed by atoms with Gasteiger partial charge in [-0.3, -0.25) is 9.59 Å². The molecule has 0 N–H and O–H groups in total. The molecule has 0 bridgehead atoms.